The van der Waals surface area contributed by atoms with Gasteiger partial charge in [-0.25, -0.2) is 14.2 Å². The summed E-state index contributed by atoms with van der Waals surface area (Å²) in [6.07, 6.45) is -0.431. The number of carbonyl (C=O) groups is 1. The molecule has 3 rings (SSSR count). The van der Waals surface area contributed by atoms with E-state index >= 15 is 0 Å². The van der Waals surface area contributed by atoms with Crippen LogP contribution in [0.15, 0.2) is 53.9 Å². The van der Waals surface area contributed by atoms with Crippen molar-refractivity contribution in [2.45, 2.75) is 45.0 Å². The monoisotopic (exact) mass is 503 g/mol. The molecule has 0 bridgehead atoms. The van der Waals surface area contributed by atoms with Crippen molar-refractivity contribution in [2.75, 3.05) is 13.7 Å². The van der Waals surface area contributed by atoms with Crippen molar-refractivity contribution in [2.24, 2.45) is 0 Å². The first-order chi connectivity index (χ1) is 16.0. The Bertz CT molecular complexity index is 1090. The minimum absolute atomic E-state index is 0.00692. The van der Waals surface area contributed by atoms with Crippen molar-refractivity contribution in [1.29, 1.82) is 0 Å². The molecule has 0 radical (unpaired) electrons. The van der Waals surface area contributed by atoms with Crippen molar-refractivity contribution in [3.63, 3.8) is 0 Å². The maximum Gasteiger partial charge on any atom is 0.357 e. The van der Waals surface area contributed by atoms with E-state index in [1.54, 1.807) is 41.8 Å². The second-order valence-electron chi connectivity index (χ2n) is 9.27. The van der Waals surface area contributed by atoms with E-state index in [2.05, 4.69) is 38.8 Å². The molecule has 0 N–H and O–H groups in total. The lowest BCUT2D eigenvalue weighted by molar-refractivity contribution is 0.0593. The lowest BCUT2D eigenvalue weighted by Crippen LogP contribution is -2.42. The van der Waals surface area contributed by atoms with Gasteiger partial charge in [0.15, 0.2) is 14.0 Å². The van der Waals surface area contributed by atoms with Crippen molar-refractivity contribution in [1.82, 2.24) is 4.98 Å². The zero-order valence-electron chi connectivity index (χ0n) is 20.3. The Morgan fingerprint density at radius 3 is 2.15 bits per heavy atom. The number of rotatable bonds is 9. The third-order valence-electron chi connectivity index (χ3n) is 5.71. The molecule has 1 atom stereocenters. The zero-order chi connectivity index (χ0) is 24.9. The van der Waals surface area contributed by atoms with E-state index in [1.807, 2.05) is 0 Å². The van der Waals surface area contributed by atoms with Gasteiger partial charge < -0.3 is 18.6 Å². The van der Waals surface area contributed by atoms with Crippen molar-refractivity contribution < 1.29 is 27.8 Å². The Labute approximate surface area is 204 Å². The summed E-state index contributed by atoms with van der Waals surface area (Å²) in [7, 11) is -0.817. The number of esters is 1. The van der Waals surface area contributed by atoms with Crippen LogP contribution in [0.2, 0.25) is 18.1 Å². The highest BCUT2D eigenvalue weighted by Crippen LogP contribution is 2.40. The normalized spacial score (nSPS) is 12.8. The fourth-order valence-corrected chi connectivity index (χ4v) is 4.87. The van der Waals surface area contributed by atoms with Crippen LogP contribution in [0.5, 0.6) is 17.2 Å². The first kappa shape index (κ1) is 25.9. The molecular formula is C25H30FNO5SSi. The first-order valence-corrected chi connectivity index (χ1v) is 14.6. The van der Waals surface area contributed by atoms with Gasteiger partial charge in [0, 0.05) is 5.38 Å². The largest absolute Gasteiger partial charge is 0.490 e. The van der Waals surface area contributed by atoms with Crippen LogP contribution in [0.25, 0.3) is 0 Å². The number of hydrogen-bond donors (Lipinski definition) is 0. The van der Waals surface area contributed by atoms with Crippen LogP contribution < -0.4 is 9.47 Å². The Balaban J connectivity index is 1.72. The summed E-state index contributed by atoms with van der Waals surface area (Å²) < 4.78 is 36.2. The van der Waals surface area contributed by atoms with Gasteiger partial charge in [0.05, 0.1) is 7.11 Å². The zero-order valence-corrected chi connectivity index (χ0v) is 22.1. The van der Waals surface area contributed by atoms with Crippen LogP contribution in [-0.2, 0) is 9.16 Å². The molecule has 9 heteroatoms. The maximum atomic E-state index is 13.1. The van der Waals surface area contributed by atoms with Gasteiger partial charge in [0.1, 0.15) is 40.8 Å². The highest BCUT2D eigenvalue weighted by Gasteiger charge is 2.40. The minimum atomic E-state index is -2.15. The maximum absolute atomic E-state index is 13.1. The molecule has 2 aromatic carbocycles. The molecule has 0 amide bonds. The van der Waals surface area contributed by atoms with E-state index in [0.29, 0.717) is 22.3 Å². The summed E-state index contributed by atoms with van der Waals surface area (Å²) in [5.74, 6) is 0.995. The van der Waals surface area contributed by atoms with Crippen LogP contribution >= 0.6 is 11.3 Å². The van der Waals surface area contributed by atoms with Gasteiger partial charge in [0.25, 0.3) is 0 Å². The highest BCUT2D eigenvalue weighted by molar-refractivity contribution is 7.09. The van der Waals surface area contributed by atoms with Gasteiger partial charge in [-0.3, -0.25) is 0 Å². The van der Waals surface area contributed by atoms with E-state index in [-0.39, 0.29) is 23.2 Å². The van der Waals surface area contributed by atoms with Crippen LogP contribution in [0.4, 0.5) is 4.39 Å². The molecule has 1 unspecified atom stereocenters. The Morgan fingerprint density at radius 1 is 1.03 bits per heavy atom. The van der Waals surface area contributed by atoms with Crippen molar-refractivity contribution >= 4 is 25.6 Å². The Hall–Kier alpha value is -2.75. The molecule has 182 valence electrons. The molecule has 0 saturated carbocycles. The molecule has 0 spiro atoms. The van der Waals surface area contributed by atoms with E-state index < -0.39 is 20.4 Å². The van der Waals surface area contributed by atoms with Gasteiger partial charge in [0.2, 0.25) is 0 Å². The molecule has 34 heavy (non-hydrogen) atoms. The number of ether oxygens (including phenoxy) is 3. The fourth-order valence-electron chi connectivity index (χ4n) is 2.74. The smallest absolute Gasteiger partial charge is 0.357 e. The summed E-state index contributed by atoms with van der Waals surface area (Å²) in [6, 6.07) is 13.0. The van der Waals surface area contributed by atoms with Gasteiger partial charge in [-0.15, -0.1) is 11.3 Å². The molecule has 3 aromatic rings. The summed E-state index contributed by atoms with van der Waals surface area (Å²) in [4.78, 5) is 16.3. The number of nitrogens with zero attached hydrogens (tertiary/aromatic N) is 1. The second kappa shape index (κ2) is 10.7. The van der Waals surface area contributed by atoms with Crippen molar-refractivity contribution in [3.8, 4) is 17.2 Å². The van der Waals surface area contributed by atoms with E-state index in [4.69, 9.17) is 18.6 Å². The van der Waals surface area contributed by atoms with Crippen LogP contribution in [0.3, 0.4) is 0 Å². The first-order valence-electron chi connectivity index (χ1n) is 10.9. The number of aromatic nitrogens is 1. The molecule has 1 aromatic heterocycles. The van der Waals surface area contributed by atoms with Crippen LogP contribution in [0, 0.1) is 5.82 Å². The van der Waals surface area contributed by atoms with Gasteiger partial charge in [-0.05, 0) is 66.7 Å². The second-order valence-corrected chi connectivity index (χ2v) is 14.9. The molecule has 1 heterocycles. The standard InChI is InChI=1S/C25H30FNO5SSi/c1-25(2,3)34(5,6)32-22(23-27-21(16-33-23)24(28)29-4)15-30-18-11-13-20(14-12-18)31-19-9-7-17(26)8-10-19/h7-14,16,22H,15H2,1-6H3. The number of methoxy groups -OCH3 is 1. The molecule has 0 aliphatic heterocycles. The summed E-state index contributed by atoms with van der Waals surface area (Å²) in [5, 5.41) is 2.33. The summed E-state index contributed by atoms with van der Waals surface area (Å²) >= 11 is 1.35. The lowest BCUT2D eigenvalue weighted by Gasteiger charge is -2.38. The molecule has 0 aliphatic rings. The lowest BCUT2D eigenvalue weighted by atomic mass is 10.2. The molecule has 0 aliphatic carbocycles. The van der Waals surface area contributed by atoms with Gasteiger partial charge >= 0.3 is 5.97 Å². The number of thiazole rings is 1. The number of hydrogen-bond acceptors (Lipinski definition) is 7. The topological polar surface area (TPSA) is 66.9 Å². The van der Waals surface area contributed by atoms with E-state index in [1.165, 1.54) is 30.6 Å². The third-order valence-corrected chi connectivity index (χ3v) is 11.1. The van der Waals surface area contributed by atoms with Crippen LogP contribution in [0.1, 0.15) is 42.4 Å². The average molecular weight is 504 g/mol. The molecule has 0 saturated heterocycles. The number of halogens is 1. The van der Waals surface area contributed by atoms with Gasteiger partial charge in [-0.1, -0.05) is 20.8 Å². The predicted octanol–water partition coefficient (Wildman–Crippen LogP) is 7.00. The van der Waals surface area contributed by atoms with Crippen molar-refractivity contribution in [3.05, 3.63) is 70.4 Å². The summed E-state index contributed by atoms with van der Waals surface area (Å²) in [5.41, 5.74) is 0.258. The quantitative estimate of drug-likeness (QED) is 0.231. The predicted molar refractivity (Wildman–Crippen MR) is 133 cm³/mol. The Kier molecular flexibility index (Phi) is 8.11. The fraction of sp³-hybridized carbons (Fsp3) is 0.360. The highest BCUT2D eigenvalue weighted by atomic mass is 32.1. The Morgan fingerprint density at radius 2 is 1.59 bits per heavy atom. The van der Waals surface area contributed by atoms with E-state index in [0.717, 1.165) is 0 Å². The molecular weight excluding hydrogens is 473 g/mol. The molecule has 0 fully saturated rings. The van der Waals surface area contributed by atoms with E-state index in [9.17, 15) is 9.18 Å². The third kappa shape index (κ3) is 6.65. The number of benzene rings is 2. The number of carbonyl (C=O) groups excluding carboxylic acids is 1. The average Bonchev–Trinajstić information content (AvgIpc) is 3.28. The van der Waals surface area contributed by atoms with Gasteiger partial charge in [-0.2, -0.15) is 0 Å². The minimum Gasteiger partial charge on any atom is -0.490 e. The molecule has 6 nitrogen and oxygen atoms in total. The van der Waals surface area contributed by atoms with Crippen LogP contribution in [-0.4, -0.2) is 33.0 Å². The SMILES string of the molecule is COC(=O)c1csc(C(COc2ccc(Oc3ccc(F)cc3)cc2)O[Si](C)(C)C(C)(C)C)n1. The summed E-state index contributed by atoms with van der Waals surface area (Å²) in [6.45, 7) is 11.1.